The first-order valence-corrected chi connectivity index (χ1v) is 8.55. The van der Waals surface area contributed by atoms with Crippen LogP contribution in [-0.4, -0.2) is 5.16 Å². The number of hydrogen-bond acceptors (Lipinski definition) is 2. The molecule has 26 heavy (non-hydrogen) atoms. The largest absolute Gasteiger partial charge is 0.206 e. The zero-order valence-corrected chi connectivity index (χ0v) is 15.3. The number of aliphatic imine (C=N–C) groups is 1. The Labute approximate surface area is 158 Å². The van der Waals surface area contributed by atoms with Crippen molar-refractivity contribution in [2.75, 3.05) is 0 Å². The van der Waals surface area contributed by atoms with Crippen LogP contribution in [0.5, 0.6) is 0 Å². The fraction of sp³-hybridized carbons (Fsp3) is 0.0870. The van der Waals surface area contributed by atoms with E-state index in [1.165, 1.54) is 11.6 Å². The maximum Gasteiger partial charge on any atom is 0.139 e. The van der Waals surface area contributed by atoms with Crippen LogP contribution in [0.2, 0.25) is 0 Å². The minimum Gasteiger partial charge on any atom is -0.206 e. The van der Waals surface area contributed by atoms with E-state index in [4.69, 9.17) is 0 Å². The Hall–Kier alpha value is -3.05. The Morgan fingerprint density at radius 1 is 0.846 bits per heavy atom. The van der Waals surface area contributed by atoms with Crippen molar-refractivity contribution in [3.05, 3.63) is 88.7 Å². The number of thiocarbonyl (C=S) groups is 1. The number of halogens is 1. The number of hydrogen-bond donors (Lipinski definition) is 0. The summed E-state index contributed by atoms with van der Waals surface area (Å²) in [6.07, 6.45) is 0. The van der Waals surface area contributed by atoms with E-state index < -0.39 is 0 Å². The summed E-state index contributed by atoms with van der Waals surface area (Å²) in [4.78, 5) is 4.00. The van der Waals surface area contributed by atoms with Gasteiger partial charge in [-0.2, -0.15) is 4.99 Å². The molecule has 0 bridgehead atoms. The summed E-state index contributed by atoms with van der Waals surface area (Å²) < 4.78 is 14.5. The van der Waals surface area contributed by atoms with Crippen LogP contribution in [0, 0.1) is 31.5 Å². The molecule has 0 saturated heterocycles. The van der Waals surface area contributed by atoms with Gasteiger partial charge in [0.2, 0.25) is 0 Å². The molecule has 1 nitrogen and oxygen atoms in total. The lowest BCUT2D eigenvalue weighted by Crippen LogP contribution is -1.87. The Morgan fingerprint density at radius 3 is 2.19 bits per heavy atom. The van der Waals surface area contributed by atoms with Crippen LogP contribution in [0.15, 0.2) is 65.7 Å². The molecule has 0 aliphatic heterocycles. The molecular weight excluding hydrogens is 341 g/mol. The first-order valence-electron chi connectivity index (χ1n) is 8.14. The summed E-state index contributed by atoms with van der Waals surface area (Å²) in [5.74, 6) is 5.57. The van der Waals surface area contributed by atoms with Crippen LogP contribution in [0.1, 0.15) is 22.3 Å². The fourth-order valence-corrected chi connectivity index (χ4v) is 2.68. The van der Waals surface area contributed by atoms with Gasteiger partial charge in [-0.15, -0.1) is 0 Å². The lowest BCUT2D eigenvalue weighted by Gasteiger charge is -2.06. The Bertz CT molecular complexity index is 1070. The lowest BCUT2D eigenvalue weighted by molar-refractivity contribution is 0.625. The van der Waals surface area contributed by atoms with Crippen LogP contribution in [0.3, 0.4) is 0 Å². The average Bonchev–Trinajstić information content (AvgIpc) is 2.64. The van der Waals surface area contributed by atoms with Crippen molar-refractivity contribution in [3.8, 4) is 23.0 Å². The minimum atomic E-state index is -0.333. The zero-order chi connectivity index (χ0) is 18.5. The van der Waals surface area contributed by atoms with E-state index in [1.54, 1.807) is 6.07 Å². The second-order valence-corrected chi connectivity index (χ2v) is 6.20. The van der Waals surface area contributed by atoms with Crippen LogP contribution in [0.25, 0.3) is 11.1 Å². The van der Waals surface area contributed by atoms with Crippen molar-refractivity contribution in [1.29, 1.82) is 0 Å². The lowest BCUT2D eigenvalue weighted by atomic mass is 10.0. The van der Waals surface area contributed by atoms with Gasteiger partial charge in [-0.1, -0.05) is 41.7 Å². The summed E-state index contributed by atoms with van der Waals surface area (Å²) in [6.45, 7) is 3.96. The molecule has 0 N–H and O–H groups in total. The van der Waals surface area contributed by atoms with E-state index in [9.17, 15) is 4.39 Å². The maximum absolute atomic E-state index is 14.5. The van der Waals surface area contributed by atoms with Gasteiger partial charge in [-0.3, -0.25) is 0 Å². The smallest absolute Gasteiger partial charge is 0.139 e. The molecule has 0 unspecified atom stereocenters. The van der Waals surface area contributed by atoms with Crippen LogP contribution in [-0.2, 0) is 0 Å². The van der Waals surface area contributed by atoms with Gasteiger partial charge < -0.3 is 0 Å². The standard InChI is InChI=1S/C23H16FNS/c1-16-3-5-18(6-4-16)7-8-19-9-10-21(14-22(19)24)20-11-12-23(25-15-26)17(2)13-20/h3-6,9-14H,1-2H3. The molecule has 0 fully saturated rings. The van der Waals surface area contributed by atoms with E-state index in [0.717, 1.165) is 27.9 Å². The van der Waals surface area contributed by atoms with Gasteiger partial charge in [0, 0.05) is 5.56 Å². The Balaban J connectivity index is 1.89. The molecule has 0 saturated carbocycles. The quantitative estimate of drug-likeness (QED) is 0.300. The van der Waals surface area contributed by atoms with Crippen molar-refractivity contribution < 1.29 is 4.39 Å². The summed E-state index contributed by atoms with van der Waals surface area (Å²) >= 11 is 4.64. The second-order valence-electron chi connectivity index (χ2n) is 6.02. The van der Waals surface area contributed by atoms with Crippen LogP contribution >= 0.6 is 12.2 Å². The number of nitrogens with zero attached hydrogens (tertiary/aromatic N) is 1. The summed E-state index contributed by atoms with van der Waals surface area (Å²) in [5.41, 5.74) is 5.86. The fourth-order valence-electron chi connectivity index (χ4n) is 2.58. The molecular formula is C23H16FNS. The molecule has 0 aromatic heterocycles. The first kappa shape index (κ1) is 17.8. The zero-order valence-electron chi connectivity index (χ0n) is 14.5. The second kappa shape index (κ2) is 7.89. The number of isothiocyanates is 1. The number of rotatable bonds is 2. The van der Waals surface area contributed by atoms with Gasteiger partial charge in [-0.25, -0.2) is 4.39 Å². The van der Waals surface area contributed by atoms with Gasteiger partial charge in [0.05, 0.1) is 16.4 Å². The van der Waals surface area contributed by atoms with Crippen molar-refractivity contribution in [2.24, 2.45) is 4.99 Å². The maximum atomic E-state index is 14.5. The number of aryl methyl sites for hydroxylation is 2. The van der Waals surface area contributed by atoms with E-state index in [2.05, 4.69) is 34.2 Å². The van der Waals surface area contributed by atoms with Crippen molar-refractivity contribution in [2.45, 2.75) is 13.8 Å². The third-order valence-corrected chi connectivity index (χ3v) is 4.15. The van der Waals surface area contributed by atoms with Gasteiger partial charge in [0.15, 0.2) is 0 Å². The highest BCUT2D eigenvalue weighted by atomic mass is 32.1. The summed E-state index contributed by atoms with van der Waals surface area (Å²) in [7, 11) is 0. The molecule has 3 aromatic rings. The highest BCUT2D eigenvalue weighted by molar-refractivity contribution is 7.78. The Morgan fingerprint density at radius 2 is 1.54 bits per heavy atom. The van der Waals surface area contributed by atoms with Gasteiger partial charge >= 0.3 is 0 Å². The van der Waals surface area contributed by atoms with Gasteiger partial charge in [-0.05, 0) is 79.2 Å². The van der Waals surface area contributed by atoms with E-state index in [-0.39, 0.29) is 5.82 Å². The normalized spacial score (nSPS) is 9.81. The highest BCUT2D eigenvalue weighted by Gasteiger charge is 2.05. The molecule has 0 radical (unpaired) electrons. The molecule has 0 atom stereocenters. The molecule has 0 aliphatic rings. The Kier molecular flexibility index (Phi) is 5.39. The minimum absolute atomic E-state index is 0.333. The van der Waals surface area contributed by atoms with Gasteiger partial charge in [0.25, 0.3) is 0 Å². The molecule has 126 valence electrons. The predicted octanol–water partition coefficient (Wildman–Crippen LogP) is 6.24. The summed E-state index contributed by atoms with van der Waals surface area (Å²) in [5, 5.41) is 2.36. The van der Waals surface area contributed by atoms with Crippen LogP contribution < -0.4 is 0 Å². The average molecular weight is 357 g/mol. The molecule has 0 amide bonds. The molecule has 3 aromatic carbocycles. The van der Waals surface area contributed by atoms with Crippen molar-refractivity contribution >= 4 is 23.1 Å². The van der Waals surface area contributed by atoms with E-state index in [1.807, 2.05) is 62.4 Å². The van der Waals surface area contributed by atoms with Crippen LogP contribution in [0.4, 0.5) is 10.1 Å². The first-order chi connectivity index (χ1) is 12.6. The molecule has 0 heterocycles. The topological polar surface area (TPSA) is 12.4 Å². The predicted molar refractivity (Wildman–Crippen MR) is 108 cm³/mol. The van der Waals surface area contributed by atoms with E-state index in [0.29, 0.717) is 5.56 Å². The SMILES string of the molecule is Cc1ccc(C#Cc2ccc(-c3ccc(N=C=S)c(C)c3)cc2F)cc1. The van der Waals surface area contributed by atoms with E-state index >= 15 is 0 Å². The van der Waals surface area contributed by atoms with Gasteiger partial charge in [0.1, 0.15) is 5.82 Å². The third kappa shape index (κ3) is 4.13. The number of benzene rings is 3. The van der Waals surface area contributed by atoms with Crippen molar-refractivity contribution in [3.63, 3.8) is 0 Å². The highest BCUT2D eigenvalue weighted by Crippen LogP contribution is 2.27. The molecule has 3 heteroatoms. The molecule has 3 rings (SSSR count). The third-order valence-electron chi connectivity index (χ3n) is 4.06. The molecule has 0 spiro atoms. The summed E-state index contributed by atoms with van der Waals surface area (Å²) in [6, 6.07) is 18.6. The van der Waals surface area contributed by atoms with Crippen molar-refractivity contribution in [1.82, 2.24) is 0 Å². The monoisotopic (exact) mass is 357 g/mol. The molecule has 0 aliphatic carbocycles.